The Kier molecular flexibility index (Phi) is 8.74. The van der Waals surface area contributed by atoms with Crippen molar-refractivity contribution in [1.82, 2.24) is 0 Å². The van der Waals surface area contributed by atoms with Crippen LogP contribution in [-0.4, -0.2) is 29.6 Å². The van der Waals surface area contributed by atoms with Crippen molar-refractivity contribution in [2.45, 2.75) is 45.5 Å². The first-order valence-corrected chi connectivity index (χ1v) is 15.0. The van der Waals surface area contributed by atoms with Crippen LogP contribution in [0.3, 0.4) is 0 Å². The van der Waals surface area contributed by atoms with Gasteiger partial charge in [0.25, 0.3) is 8.32 Å². The van der Waals surface area contributed by atoms with E-state index >= 15 is 0 Å². The van der Waals surface area contributed by atoms with Crippen molar-refractivity contribution in [1.29, 1.82) is 0 Å². The van der Waals surface area contributed by atoms with Crippen molar-refractivity contribution in [3.8, 4) is 28.7 Å². The summed E-state index contributed by atoms with van der Waals surface area (Å²) in [6.07, 6.45) is 4.06. The number of benzene rings is 3. The van der Waals surface area contributed by atoms with Crippen molar-refractivity contribution >= 4 is 20.5 Å². The maximum absolute atomic E-state index is 6.61. The highest BCUT2D eigenvalue weighted by molar-refractivity contribution is 6.74. The molecule has 0 spiro atoms. The molecule has 6 heteroatoms. The van der Waals surface area contributed by atoms with Crippen molar-refractivity contribution in [2.24, 2.45) is 0 Å². The van der Waals surface area contributed by atoms with Gasteiger partial charge in [0.15, 0.2) is 23.0 Å². The zero-order valence-corrected chi connectivity index (χ0v) is 23.7. The maximum atomic E-state index is 6.61. The SMILES string of the molecule is COc1ccc(/C=C/c2cc(OC)c(OC)c(O[Si](C)(C)C(C)(C)C)c2)cc1OCc1ccccc1. The second-order valence-electron chi connectivity index (χ2n) is 10.1. The quantitative estimate of drug-likeness (QED) is 0.207. The molecule has 0 amide bonds. The van der Waals surface area contributed by atoms with E-state index in [0.717, 1.165) is 16.7 Å². The lowest BCUT2D eigenvalue weighted by Gasteiger charge is -2.37. The topological polar surface area (TPSA) is 46.2 Å². The van der Waals surface area contributed by atoms with Crippen LogP contribution >= 0.6 is 0 Å². The van der Waals surface area contributed by atoms with Gasteiger partial charge in [-0.3, -0.25) is 0 Å². The Morgan fingerprint density at radius 3 is 1.92 bits per heavy atom. The first-order valence-electron chi connectivity index (χ1n) is 12.1. The molecule has 0 unspecified atom stereocenters. The fraction of sp³-hybridized carbons (Fsp3) is 0.333. The minimum Gasteiger partial charge on any atom is -0.541 e. The normalized spacial score (nSPS) is 11.9. The minimum absolute atomic E-state index is 0.0519. The van der Waals surface area contributed by atoms with Gasteiger partial charge >= 0.3 is 0 Å². The number of methoxy groups -OCH3 is 3. The molecule has 3 rings (SSSR count). The summed E-state index contributed by atoms with van der Waals surface area (Å²) < 4.78 is 29.5. The van der Waals surface area contributed by atoms with Gasteiger partial charge in [-0.25, -0.2) is 0 Å². The molecule has 36 heavy (non-hydrogen) atoms. The zero-order valence-electron chi connectivity index (χ0n) is 22.7. The third kappa shape index (κ3) is 6.64. The van der Waals surface area contributed by atoms with E-state index < -0.39 is 8.32 Å². The monoisotopic (exact) mass is 506 g/mol. The Bertz CT molecular complexity index is 1180. The van der Waals surface area contributed by atoms with Gasteiger partial charge in [-0.2, -0.15) is 0 Å². The number of hydrogen-bond donors (Lipinski definition) is 0. The molecule has 0 aliphatic heterocycles. The second-order valence-corrected chi connectivity index (χ2v) is 14.9. The average Bonchev–Trinajstić information content (AvgIpc) is 2.85. The van der Waals surface area contributed by atoms with Gasteiger partial charge in [0.2, 0.25) is 5.75 Å². The van der Waals surface area contributed by atoms with E-state index in [2.05, 4.69) is 33.9 Å². The summed E-state index contributed by atoms with van der Waals surface area (Å²) >= 11 is 0. The van der Waals surface area contributed by atoms with Gasteiger partial charge < -0.3 is 23.4 Å². The highest BCUT2D eigenvalue weighted by Crippen LogP contribution is 2.44. The number of ether oxygens (including phenoxy) is 4. The predicted molar refractivity (Wildman–Crippen MR) is 150 cm³/mol. The molecule has 0 N–H and O–H groups in total. The highest BCUT2D eigenvalue weighted by atomic mass is 28.4. The fourth-order valence-electron chi connectivity index (χ4n) is 3.39. The molecular formula is C30H38O5Si. The summed E-state index contributed by atoms with van der Waals surface area (Å²) in [4.78, 5) is 0. The zero-order chi connectivity index (χ0) is 26.3. The molecule has 0 atom stereocenters. The van der Waals surface area contributed by atoms with Crippen molar-refractivity contribution in [3.63, 3.8) is 0 Å². The molecule has 5 nitrogen and oxygen atoms in total. The molecule has 0 fully saturated rings. The molecule has 3 aromatic carbocycles. The summed E-state index contributed by atoms with van der Waals surface area (Å²) in [5, 5.41) is 0.0519. The summed E-state index contributed by atoms with van der Waals surface area (Å²) in [5.41, 5.74) is 3.03. The van der Waals surface area contributed by atoms with Crippen LogP contribution in [0.2, 0.25) is 18.1 Å². The second kappa shape index (κ2) is 11.6. The fourth-order valence-corrected chi connectivity index (χ4v) is 4.39. The molecular weight excluding hydrogens is 468 g/mol. The molecule has 0 heterocycles. The van der Waals surface area contributed by atoms with Crippen LogP contribution in [0.25, 0.3) is 12.2 Å². The summed E-state index contributed by atoms with van der Waals surface area (Å²) in [6, 6.07) is 19.9. The van der Waals surface area contributed by atoms with Gasteiger partial charge in [-0.15, -0.1) is 0 Å². The van der Waals surface area contributed by atoms with Crippen LogP contribution in [-0.2, 0) is 6.61 Å². The van der Waals surface area contributed by atoms with Gasteiger partial charge in [-0.1, -0.05) is 69.3 Å². The van der Waals surface area contributed by atoms with Gasteiger partial charge in [0, 0.05) is 0 Å². The van der Waals surface area contributed by atoms with Crippen LogP contribution in [0.1, 0.15) is 37.5 Å². The van der Waals surface area contributed by atoms with E-state index in [1.807, 2.05) is 72.8 Å². The molecule has 0 saturated carbocycles. The molecule has 192 valence electrons. The summed E-state index contributed by atoms with van der Waals surface area (Å²) in [5.74, 6) is 3.33. The molecule has 0 aliphatic rings. The van der Waals surface area contributed by atoms with Crippen LogP contribution in [0.4, 0.5) is 0 Å². The Balaban J connectivity index is 1.90. The lowest BCUT2D eigenvalue weighted by Crippen LogP contribution is -2.43. The van der Waals surface area contributed by atoms with Gasteiger partial charge in [0.05, 0.1) is 21.3 Å². The van der Waals surface area contributed by atoms with Crippen molar-refractivity contribution < 1.29 is 23.4 Å². The average molecular weight is 507 g/mol. The number of hydrogen-bond acceptors (Lipinski definition) is 5. The Labute approximate surface area is 216 Å². The van der Waals surface area contributed by atoms with E-state index in [4.69, 9.17) is 23.4 Å². The van der Waals surface area contributed by atoms with Gasteiger partial charge in [0.1, 0.15) is 6.61 Å². The molecule has 0 aromatic heterocycles. The standard InChI is InChI=1S/C30H38O5Si/c1-30(2,3)36(7,8)35-28-20-24(19-27(32-5)29(28)33-6)15-14-22-16-17-25(31-4)26(18-22)34-21-23-12-10-9-11-13-23/h9-20H,21H2,1-8H3/b15-14+. The predicted octanol–water partition coefficient (Wildman–Crippen LogP) is 7.85. The molecule has 0 aliphatic carbocycles. The molecule has 0 radical (unpaired) electrons. The smallest absolute Gasteiger partial charge is 0.250 e. The summed E-state index contributed by atoms with van der Waals surface area (Å²) in [6.45, 7) is 11.6. The van der Waals surface area contributed by atoms with Crippen LogP contribution in [0.5, 0.6) is 28.7 Å². The Morgan fingerprint density at radius 2 is 1.31 bits per heavy atom. The Hall–Kier alpha value is -3.38. The van der Waals surface area contributed by atoms with Crippen LogP contribution in [0, 0.1) is 0 Å². The lowest BCUT2D eigenvalue weighted by atomic mass is 10.1. The lowest BCUT2D eigenvalue weighted by molar-refractivity contribution is 0.284. The van der Waals surface area contributed by atoms with Crippen LogP contribution in [0.15, 0.2) is 60.7 Å². The minimum atomic E-state index is -2.08. The van der Waals surface area contributed by atoms with E-state index in [9.17, 15) is 0 Å². The number of rotatable bonds is 10. The van der Waals surface area contributed by atoms with Crippen molar-refractivity contribution in [2.75, 3.05) is 21.3 Å². The third-order valence-corrected chi connectivity index (χ3v) is 10.9. The largest absolute Gasteiger partial charge is 0.541 e. The Morgan fingerprint density at radius 1 is 0.694 bits per heavy atom. The first-order chi connectivity index (χ1) is 17.1. The van der Waals surface area contributed by atoms with Crippen LogP contribution < -0.4 is 23.4 Å². The molecule has 0 saturated heterocycles. The third-order valence-electron chi connectivity index (χ3n) is 6.53. The van der Waals surface area contributed by atoms with E-state index in [1.165, 1.54) is 0 Å². The first kappa shape index (κ1) is 27.2. The highest BCUT2D eigenvalue weighted by Gasteiger charge is 2.39. The van der Waals surface area contributed by atoms with E-state index in [0.29, 0.717) is 35.4 Å². The van der Waals surface area contributed by atoms with Crippen molar-refractivity contribution in [3.05, 3.63) is 77.4 Å². The summed E-state index contributed by atoms with van der Waals surface area (Å²) in [7, 11) is 2.84. The van der Waals surface area contributed by atoms with E-state index in [-0.39, 0.29) is 5.04 Å². The molecule has 3 aromatic rings. The van der Waals surface area contributed by atoms with E-state index in [1.54, 1.807) is 21.3 Å². The van der Waals surface area contributed by atoms with Gasteiger partial charge in [-0.05, 0) is 59.1 Å². The molecule has 0 bridgehead atoms. The maximum Gasteiger partial charge on any atom is 0.250 e.